The van der Waals surface area contributed by atoms with Crippen molar-refractivity contribution < 1.29 is 9.59 Å². The Hall–Kier alpha value is -2.62. The maximum Gasteiger partial charge on any atom is 0.254 e. The Kier molecular flexibility index (Phi) is 6.34. The Labute approximate surface area is 149 Å². The number of aryl methyl sites for hydroxylation is 2. The van der Waals surface area contributed by atoms with Crippen LogP contribution in [0.1, 0.15) is 40.4 Å². The van der Waals surface area contributed by atoms with Crippen molar-refractivity contribution in [2.75, 3.05) is 18.4 Å². The second kappa shape index (κ2) is 8.47. The van der Waals surface area contributed by atoms with Gasteiger partial charge in [-0.1, -0.05) is 37.3 Å². The highest BCUT2D eigenvalue weighted by Crippen LogP contribution is 2.16. The Morgan fingerprint density at radius 3 is 2.32 bits per heavy atom. The predicted molar refractivity (Wildman–Crippen MR) is 102 cm³/mol. The summed E-state index contributed by atoms with van der Waals surface area (Å²) in [6.07, 6.45) is 0.800. The minimum Gasteiger partial charge on any atom is -0.329 e. The van der Waals surface area contributed by atoms with Crippen molar-refractivity contribution in [3.8, 4) is 0 Å². The van der Waals surface area contributed by atoms with Gasteiger partial charge in [0.2, 0.25) is 5.91 Å². The average molecular weight is 338 g/mol. The van der Waals surface area contributed by atoms with Crippen molar-refractivity contribution in [3.63, 3.8) is 0 Å². The highest BCUT2D eigenvalue weighted by Gasteiger charge is 2.20. The zero-order valence-corrected chi connectivity index (χ0v) is 15.4. The average Bonchev–Trinajstić information content (AvgIpc) is 2.58. The molecular weight excluding hydrogens is 312 g/mol. The van der Waals surface area contributed by atoms with Crippen LogP contribution in [-0.4, -0.2) is 29.8 Å². The minimum absolute atomic E-state index is 0.0500. The Balaban J connectivity index is 2.15. The molecule has 2 rings (SSSR count). The standard InChI is InChI=1S/C21H26N2O2/c1-5-13-23(21(25)18-11-8-10-15(2)17(18)4)14-20(24)22-19-12-7-6-9-16(19)3/h6-12H,5,13-14H2,1-4H3,(H,22,24). The van der Waals surface area contributed by atoms with E-state index >= 15 is 0 Å². The third kappa shape index (κ3) is 4.69. The van der Waals surface area contributed by atoms with Crippen molar-refractivity contribution >= 4 is 17.5 Å². The van der Waals surface area contributed by atoms with Crippen LogP contribution in [0.3, 0.4) is 0 Å². The SMILES string of the molecule is CCCN(CC(=O)Nc1ccccc1C)C(=O)c1cccc(C)c1C. The Morgan fingerprint density at radius 1 is 0.960 bits per heavy atom. The van der Waals surface area contributed by atoms with Gasteiger partial charge in [0, 0.05) is 17.8 Å². The monoisotopic (exact) mass is 338 g/mol. The van der Waals surface area contributed by atoms with Gasteiger partial charge in [0.1, 0.15) is 6.54 Å². The number of nitrogens with one attached hydrogen (secondary N) is 1. The van der Waals surface area contributed by atoms with Crippen LogP contribution in [0.2, 0.25) is 0 Å². The molecule has 0 aliphatic heterocycles. The summed E-state index contributed by atoms with van der Waals surface area (Å²) in [7, 11) is 0. The highest BCUT2D eigenvalue weighted by atomic mass is 16.2. The summed E-state index contributed by atoms with van der Waals surface area (Å²) < 4.78 is 0. The van der Waals surface area contributed by atoms with Gasteiger partial charge in [-0.05, 0) is 56.0 Å². The maximum absolute atomic E-state index is 12.9. The fraction of sp³-hybridized carbons (Fsp3) is 0.333. The summed E-state index contributed by atoms with van der Waals surface area (Å²) >= 11 is 0. The molecule has 0 saturated heterocycles. The van der Waals surface area contributed by atoms with E-state index in [0.717, 1.165) is 28.8 Å². The van der Waals surface area contributed by atoms with Gasteiger partial charge in [-0.3, -0.25) is 9.59 Å². The Morgan fingerprint density at radius 2 is 1.64 bits per heavy atom. The van der Waals surface area contributed by atoms with E-state index in [1.807, 2.05) is 70.2 Å². The molecule has 0 aliphatic carbocycles. The van der Waals surface area contributed by atoms with Gasteiger partial charge in [0.15, 0.2) is 0 Å². The molecule has 0 atom stereocenters. The molecule has 0 bridgehead atoms. The van der Waals surface area contributed by atoms with Crippen molar-refractivity contribution in [2.24, 2.45) is 0 Å². The molecule has 1 N–H and O–H groups in total. The van der Waals surface area contributed by atoms with E-state index in [1.54, 1.807) is 4.90 Å². The number of hydrogen-bond donors (Lipinski definition) is 1. The molecule has 0 spiro atoms. The van der Waals surface area contributed by atoms with E-state index in [4.69, 9.17) is 0 Å². The number of carbonyl (C=O) groups is 2. The number of benzene rings is 2. The third-order valence-corrected chi connectivity index (χ3v) is 4.37. The van der Waals surface area contributed by atoms with Crippen LogP contribution >= 0.6 is 0 Å². The van der Waals surface area contributed by atoms with Gasteiger partial charge in [-0.2, -0.15) is 0 Å². The summed E-state index contributed by atoms with van der Waals surface area (Å²) in [5.74, 6) is -0.274. The van der Waals surface area contributed by atoms with E-state index < -0.39 is 0 Å². The van der Waals surface area contributed by atoms with E-state index in [2.05, 4.69) is 5.32 Å². The number of anilines is 1. The molecule has 2 amide bonds. The summed E-state index contributed by atoms with van der Waals surface area (Å²) in [6.45, 7) is 8.48. The van der Waals surface area contributed by atoms with Crippen molar-refractivity contribution in [3.05, 3.63) is 64.7 Å². The van der Waals surface area contributed by atoms with Crippen molar-refractivity contribution in [1.82, 2.24) is 4.90 Å². The summed E-state index contributed by atoms with van der Waals surface area (Å²) in [4.78, 5) is 27.0. The van der Waals surface area contributed by atoms with Crippen LogP contribution < -0.4 is 5.32 Å². The van der Waals surface area contributed by atoms with Crippen LogP contribution in [-0.2, 0) is 4.79 Å². The first-order valence-electron chi connectivity index (χ1n) is 8.65. The molecule has 4 heteroatoms. The van der Waals surface area contributed by atoms with Crippen LogP contribution in [0, 0.1) is 20.8 Å². The smallest absolute Gasteiger partial charge is 0.254 e. The first kappa shape index (κ1) is 18.7. The summed E-state index contributed by atoms with van der Waals surface area (Å²) in [6, 6.07) is 13.3. The number of hydrogen-bond acceptors (Lipinski definition) is 2. The van der Waals surface area contributed by atoms with Crippen molar-refractivity contribution in [2.45, 2.75) is 34.1 Å². The molecular formula is C21H26N2O2. The Bertz CT molecular complexity index is 768. The zero-order valence-electron chi connectivity index (χ0n) is 15.4. The molecule has 0 unspecified atom stereocenters. The lowest BCUT2D eigenvalue weighted by Gasteiger charge is -2.23. The van der Waals surface area contributed by atoms with Crippen LogP contribution in [0.5, 0.6) is 0 Å². The summed E-state index contributed by atoms with van der Waals surface area (Å²) in [5, 5.41) is 2.90. The number of carbonyl (C=O) groups excluding carboxylic acids is 2. The fourth-order valence-corrected chi connectivity index (χ4v) is 2.75. The lowest BCUT2D eigenvalue weighted by molar-refractivity contribution is -0.116. The maximum atomic E-state index is 12.9. The largest absolute Gasteiger partial charge is 0.329 e. The van der Waals surface area contributed by atoms with Gasteiger partial charge >= 0.3 is 0 Å². The molecule has 2 aromatic carbocycles. The van der Waals surface area contributed by atoms with E-state index in [-0.39, 0.29) is 18.4 Å². The molecule has 4 nitrogen and oxygen atoms in total. The highest BCUT2D eigenvalue weighted by molar-refractivity contribution is 6.00. The second-order valence-corrected chi connectivity index (χ2v) is 6.34. The second-order valence-electron chi connectivity index (χ2n) is 6.34. The molecule has 0 aromatic heterocycles. The molecule has 0 heterocycles. The molecule has 2 aromatic rings. The number of rotatable bonds is 6. The lowest BCUT2D eigenvalue weighted by atomic mass is 10.0. The fourth-order valence-electron chi connectivity index (χ4n) is 2.75. The number of para-hydroxylation sites is 1. The van der Waals surface area contributed by atoms with Crippen molar-refractivity contribution in [1.29, 1.82) is 0 Å². The number of nitrogens with zero attached hydrogens (tertiary/aromatic N) is 1. The predicted octanol–water partition coefficient (Wildman–Crippen LogP) is 4.10. The molecule has 0 radical (unpaired) electrons. The van der Waals surface area contributed by atoms with Gasteiger partial charge in [0.05, 0.1) is 0 Å². The van der Waals surface area contributed by atoms with Crippen LogP contribution in [0.4, 0.5) is 5.69 Å². The zero-order chi connectivity index (χ0) is 18.4. The topological polar surface area (TPSA) is 49.4 Å². The van der Waals surface area contributed by atoms with E-state index in [1.165, 1.54) is 0 Å². The molecule has 0 fully saturated rings. The lowest BCUT2D eigenvalue weighted by Crippen LogP contribution is -2.39. The van der Waals surface area contributed by atoms with E-state index in [0.29, 0.717) is 12.1 Å². The van der Waals surface area contributed by atoms with E-state index in [9.17, 15) is 9.59 Å². The molecule has 25 heavy (non-hydrogen) atoms. The molecule has 132 valence electrons. The normalized spacial score (nSPS) is 10.4. The van der Waals surface area contributed by atoms with Crippen LogP contribution in [0.15, 0.2) is 42.5 Å². The minimum atomic E-state index is -0.179. The van der Waals surface area contributed by atoms with Gasteiger partial charge in [0.25, 0.3) is 5.91 Å². The van der Waals surface area contributed by atoms with Gasteiger partial charge in [-0.15, -0.1) is 0 Å². The first-order valence-corrected chi connectivity index (χ1v) is 8.65. The quantitative estimate of drug-likeness (QED) is 0.862. The van der Waals surface area contributed by atoms with Gasteiger partial charge in [-0.25, -0.2) is 0 Å². The first-order chi connectivity index (χ1) is 11.9. The number of amides is 2. The third-order valence-electron chi connectivity index (χ3n) is 4.37. The summed E-state index contributed by atoms with van der Waals surface area (Å²) in [5.41, 5.74) is 4.48. The molecule has 0 saturated carbocycles. The molecule has 0 aliphatic rings. The van der Waals surface area contributed by atoms with Crippen LogP contribution in [0.25, 0.3) is 0 Å². The van der Waals surface area contributed by atoms with Gasteiger partial charge < -0.3 is 10.2 Å².